The third-order valence-electron chi connectivity index (χ3n) is 6.49. The van der Waals surface area contributed by atoms with Crippen molar-refractivity contribution in [2.24, 2.45) is 5.92 Å². The fourth-order valence-corrected chi connectivity index (χ4v) is 5.15. The van der Waals surface area contributed by atoms with Crippen molar-refractivity contribution in [2.75, 3.05) is 24.5 Å². The molecule has 0 aromatic carbocycles. The van der Waals surface area contributed by atoms with Gasteiger partial charge in [0.2, 0.25) is 6.41 Å². The number of anilines is 1. The molecule has 5 rings (SSSR count). The minimum absolute atomic E-state index is 0.406. The summed E-state index contributed by atoms with van der Waals surface area (Å²) in [6, 6.07) is 8.28. The molecule has 0 saturated carbocycles. The Balaban J connectivity index is 1.45. The van der Waals surface area contributed by atoms with Crippen LogP contribution >= 0.6 is 11.6 Å². The molecule has 2 aliphatic heterocycles. The fraction of sp³-hybridized carbons (Fsp3) is 0.391. The number of carbonyl (C=O) groups excluding carboxylic acids is 1. The van der Waals surface area contributed by atoms with Crippen LogP contribution in [-0.4, -0.2) is 51.9 Å². The second kappa shape index (κ2) is 8.19. The molecule has 2 saturated heterocycles. The molecule has 0 spiro atoms. The normalized spacial score (nSPS) is 20.1. The van der Waals surface area contributed by atoms with Gasteiger partial charge in [0.15, 0.2) is 0 Å². The van der Waals surface area contributed by atoms with Crippen LogP contribution in [0.4, 0.5) is 5.82 Å². The van der Waals surface area contributed by atoms with Crippen LogP contribution < -0.4 is 4.90 Å². The van der Waals surface area contributed by atoms with Crippen molar-refractivity contribution in [3.05, 3.63) is 48.0 Å². The Morgan fingerprint density at radius 2 is 1.93 bits per heavy atom. The van der Waals surface area contributed by atoms with Crippen molar-refractivity contribution in [1.29, 1.82) is 0 Å². The van der Waals surface area contributed by atoms with Gasteiger partial charge in [0.1, 0.15) is 11.0 Å². The molecule has 6 nitrogen and oxygen atoms in total. The molecule has 154 valence electrons. The second-order valence-electron chi connectivity index (χ2n) is 8.17. The van der Waals surface area contributed by atoms with E-state index < -0.39 is 0 Å². The molecule has 30 heavy (non-hydrogen) atoms. The highest BCUT2D eigenvalue weighted by molar-refractivity contribution is 6.29. The van der Waals surface area contributed by atoms with Crippen LogP contribution in [0.15, 0.2) is 42.9 Å². The summed E-state index contributed by atoms with van der Waals surface area (Å²) in [6.45, 7) is 2.79. The number of rotatable bonds is 4. The van der Waals surface area contributed by atoms with Crippen LogP contribution in [-0.2, 0) is 4.79 Å². The van der Waals surface area contributed by atoms with Crippen molar-refractivity contribution >= 4 is 34.6 Å². The smallest absolute Gasteiger partial charge is 0.209 e. The molecule has 0 bridgehead atoms. The molecule has 0 aliphatic carbocycles. The molecule has 1 unspecified atom stereocenters. The van der Waals surface area contributed by atoms with E-state index in [1.54, 1.807) is 6.20 Å². The van der Waals surface area contributed by atoms with Gasteiger partial charge in [0.05, 0.1) is 5.69 Å². The van der Waals surface area contributed by atoms with Crippen LogP contribution in [0.1, 0.15) is 25.7 Å². The summed E-state index contributed by atoms with van der Waals surface area (Å²) >= 11 is 6.11. The van der Waals surface area contributed by atoms with Gasteiger partial charge in [-0.1, -0.05) is 11.6 Å². The molecule has 7 heteroatoms. The molecular formula is C23H24ClN5O. The monoisotopic (exact) mass is 421 g/mol. The van der Waals surface area contributed by atoms with Gasteiger partial charge in [0, 0.05) is 60.6 Å². The lowest BCUT2D eigenvalue weighted by Gasteiger charge is -2.38. The van der Waals surface area contributed by atoms with E-state index in [2.05, 4.69) is 20.9 Å². The lowest BCUT2D eigenvalue weighted by molar-refractivity contribution is -0.119. The first-order chi connectivity index (χ1) is 14.7. The highest BCUT2D eigenvalue weighted by Crippen LogP contribution is 2.35. The highest BCUT2D eigenvalue weighted by atomic mass is 35.5. The molecule has 0 N–H and O–H groups in total. The quantitative estimate of drug-likeness (QED) is 0.467. The number of hydrogen-bond acceptors (Lipinski definition) is 5. The lowest BCUT2D eigenvalue weighted by atomic mass is 9.88. The van der Waals surface area contributed by atoms with Gasteiger partial charge in [-0.3, -0.25) is 9.78 Å². The number of halogens is 1. The van der Waals surface area contributed by atoms with Crippen molar-refractivity contribution in [3.8, 4) is 11.3 Å². The van der Waals surface area contributed by atoms with Crippen molar-refractivity contribution in [2.45, 2.75) is 31.7 Å². The molecule has 1 amide bonds. The molecule has 1 atom stereocenters. The maximum atomic E-state index is 11.4. The molecule has 3 aromatic rings. The maximum Gasteiger partial charge on any atom is 0.209 e. The largest absolute Gasteiger partial charge is 0.356 e. The molecule has 5 heterocycles. The third kappa shape index (κ3) is 3.60. The van der Waals surface area contributed by atoms with Gasteiger partial charge >= 0.3 is 0 Å². The van der Waals surface area contributed by atoms with Crippen LogP contribution in [0.2, 0.25) is 5.15 Å². The highest BCUT2D eigenvalue weighted by Gasteiger charge is 2.33. The van der Waals surface area contributed by atoms with E-state index >= 15 is 0 Å². The Hall–Kier alpha value is -2.73. The zero-order valence-corrected chi connectivity index (χ0v) is 17.5. The Morgan fingerprint density at radius 1 is 1.07 bits per heavy atom. The number of pyridine rings is 3. The van der Waals surface area contributed by atoms with E-state index in [1.807, 2.05) is 35.5 Å². The van der Waals surface area contributed by atoms with E-state index in [9.17, 15) is 4.79 Å². The molecule has 0 radical (unpaired) electrons. The number of piperidine rings is 1. The Labute approximate surface area is 180 Å². The Kier molecular flexibility index (Phi) is 5.25. The second-order valence-corrected chi connectivity index (χ2v) is 8.56. The van der Waals surface area contributed by atoms with Crippen LogP contribution in [0.25, 0.3) is 22.0 Å². The van der Waals surface area contributed by atoms with E-state index in [1.165, 1.54) is 0 Å². The van der Waals surface area contributed by atoms with E-state index in [0.717, 1.165) is 79.6 Å². The fourth-order valence-electron chi connectivity index (χ4n) is 4.98. The first-order valence-corrected chi connectivity index (χ1v) is 10.9. The van der Waals surface area contributed by atoms with Gasteiger partial charge in [0.25, 0.3) is 0 Å². The summed E-state index contributed by atoms with van der Waals surface area (Å²) in [6.07, 6.45) is 10.9. The minimum atomic E-state index is 0.406. The number of amides is 1. The summed E-state index contributed by atoms with van der Waals surface area (Å²) in [5, 5.41) is 2.64. The number of carbonyl (C=O) groups is 1. The van der Waals surface area contributed by atoms with Crippen molar-refractivity contribution in [1.82, 2.24) is 19.9 Å². The number of aromatic nitrogens is 3. The van der Waals surface area contributed by atoms with Gasteiger partial charge < -0.3 is 9.80 Å². The van der Waals surface area contributed by atoms with Gasteiger partial charge in [-0.05, 0) is 55.9 Å². The zero-order chi connectivity index (χ0) is 20.5. The zero-order valence-electron chi connectivity index (χ0n) is 16.7. The summed E-state index contributed by atoms with van der Waals surface area (Å²) < 4.78 is 0. The molecule has 3 aromatic heterocycles. The number of fused-ring (bicyclic) bond motifs is 1. The third-order valence-corrected chi connectivity index (χ3v) is 6.70. The van der Waals surface area contributed by atoms with E-state index in [4.69, 9.17) is 16.6 Å². The molecular weight excluding hydrogens is 398 g/mol. The summed E-state index contributed by atoms with van der Waals surface area (Å²) in [7, 11) is 0. The van der Waals surface area contributed by atoms with Crippen molar-refractivity contribution < 1.29 is 4.79 Å². The van der Waals surface area contributed by atoms with E-state index in [0.29, 0.717) is 17.1 Å². The van der Waals surface area contributed by atoms with Crippen LogP contribution in [0, 0.1) is 5.92 Å². The summed E-state index contributed by atoms with van der Waals surface area (Å²) in [5.41, 5.74) is 1.82. The SMILES string of the molecule is O=CN1CCCC1C1CCN(c2nc(-c3ccnc(Cl)c3)cc3cnccc23)CC1. The predicted octanol–water partition coefficient (Wildman–Crippen LogP) is 4.18. The van der Waals surface area contributed by atoms with Gasteiger partial charge in [-0.2, -0.15) is 0 Å². The Bertz CT molecular complexity index is 1070. The van der Waals surface area contributed by atoms with Gasteiger partial charge in [-0.15, -0.1) is 0 Å². The van der Waals surface area contributed by atoms with Crippen molar-refractivity contribution in [3.63, 3.8) is 0 Å². The minimum Gasteiger partial charge on any atom is -0.356 e. The first-order valence-electron chi connectivity index (χ1n) is 10.6. The Morgan fingerprint density at radius 3 is 2.73 bits per heavy atom. The average molecular weight is 422 g/mol. The molecule has 2 fully saturated rings. The standard InChI is InChI=1S/C23H24ClN5O/c24-22-13-17(3-8-26-22)20-12-18-14-25-7-4-19(18)23(27-20)28-10-5-16(6-11-28)21-2-1-9-29(21)15-30/h3-4,7-8,12-16,21H,1-2,5-6,9-11H2. The topological polar surface area (TPSA) is 62.2 Å². The molecule has 2 aliphatic rings. The number of likely N-dealkylation sites (tertiary alicyclic amines) is 1. The maximum absolute atomic E-state index is 11.4. The lowest BCUT2D eigenvalue weighted by Crippen LogP contribution is -2.42. The first kappa shape index (κ1) is 19.2. The number of nitrogens with zero attached hydrogens (tertiary/aromatic N) is 5. The summed E-state index contributed by atoms with van der Waals surface area (Å²) in [4.78, 5) is 29.2. The average Bonchev–Trinajstić information content (AvgIpc) is 3.27. The van der Waals surface area contributed by atoms with Crippen LogP contribution in [0.3, 0.4) is 0 Å². The summed E-state index contributed by atoms with van der Waals surface area (Å²) in [5.74, 6) is 1.57. The number of hydrogen-bond donors (Lipinski definition) is 0. The predicted molar refractivity (Wildman–Crippen MR) is 119 cm³/mol. The van der Waals surface area contributed by atoms with E-state index in [-0.39, 0.29) is 0 Å². The van der Waals surface area contributed by atoms with Crippen LogP contribution in [0.5, 0.6) is 0 Å². The van der Waals surface area contributed by atoms with Gasteiger partial charge in [-0.25, -0.2) is 9.97 Å².